The van der Waals surface area contributed by atoms with Gasteiger partial charge in [0.25, 0.3) is 0 Å². The summed E-state index contributed by atoms with van der Waals surface area (Å²) < 4.78 is 0. The Kier molecular flexibility index (Phi) is 4.36. The number of hydrogen-bond acceptors (Lipinski definition) is 2. The molecule has 1 unspecified atom stereocenters. The van der Waals surface area contributed by atoms with E-state index in [4.69, 9.17) is 0 Å². The number of aryl methyl sites for hydroxylation is 1. The van der Waals surface area contributed by atoms with Crippen LogP contribution in [0.5, 0.6) is 0 Å². The van der Waals surface area contributed by atoms with Crippen molar-refractivity contribution in [2.45, 2.75) is 38.2 Å². The highest BCUT2D eigenvalue weighted by atomic mass is 32.1. The Hall–Kier alpha value is -0.600. The van der Waals surface area contributed by atoms with E-state index < -0.39 is 5.60 Å². The summed E-state index contributed by atoms with van der Waals surface area (Å²) in [4.78, 5) is 1.35. The van der Waals surface area contributed by atoms with Gasteiger partial charge in [0.1, 0.15) is 0 Å². The molecule has 1 N–H and O–H groups in total. The van der Waals surface area contributed by atoms with E-state index in [0.717, 1.165) is 25.7 Å². The lowest BCUT2D eigenvalue weighted by Crippen LogP contribution is -2.24. The third-order valence-corrected chi connectivity index (χ3v) is 3.31. The Morgan fingerprint density at radius 3 is 2.93 bits per heavy atom. The third-order valence-electron chi connectivity index (χ3n) is 2.38. The lowest BCUT2D eigenvalue weighted by Gasteiger charge is -2.22. The Morgan fingerprint density at radius 1 is 1.57 bits per heavy atom. The maximum atomic E-state index is 10.0. The number of thiophene rings is 1. The Morgan fingerprint density at radius 2 is 2.36 bits per heavy atom. The van der Waals surface area contributed by atoms with Crippen LogP contribution in [0.1, 0.15) is 31.1 Å². The fourth-order valence-corrected chi connectivity index (χ4v) is 2.09. The second-order valence-electron chi connectivity index (χ2n) is 3.90. The van der Waals surface area contributed by atoms with Gasteiger partial charge in [-0.2, -0.15) is 0 Å². The van der Waals surface area contributed by atoms with E-state index in [-0.39, 0.29) is 0 Å². The van der Waals surface area contributed by atoms with Crippen LogP contribution in [0, 0.1) is 0 Å². The summed E-state index contributed by atoms with van der Waals surface area (Å²) >= 11 is 1.76. The average molecular weight is 210 g/mol. The van der Waals surface area contributed by atoms with Crippen LogP contribution in [0.15, 0.2) is 30.2 Å². The minimum atomic E-state index is -0.543. The lowest BCUT2D eigenvalue weighted by atomic mass is 9.94. The summed E-state index contributed by atoms with van der Waals surface area (Å²) in [5.41, 5.74) is -0.543. The van der Waals surface area contributed by atoms with Gasteiger partial charge in [-0.25, -0.2) is 0 Å². The molecule has 2 heteroatoms. The third kappa shape index (κ3) is 4.07. The molecule has 0 spiro atoms. The van der Waals surface area contributed by atoms with Crippen LogP contribution in [0.25, 0.3) is 0 Å². The second-order valence-corrected chi connectivity index (χ2v) is 4.94. The molecule has 0 fully saturated rings. The molecular formula is C12H18OS. The molecule has 1 rings (SSSR count). The summed E-state index contributed by atoms with van der Waals surface area (Å²) in [7, 11) is 0. The van der Waals surface area contributed by atoms with E-state index in [1.165, 1.54) is 4.88 Å². The lowest BCUT2D eigenvalue weighted by molar-refractivity contribution is 0.0435. The van der Waals surface area contributed by atoms with E-state index in [0.29, 0.717) is 0 Å². The molecule has 0 amide bonds. The van der Waals surface area contributed by atoms with Gasteiger partial charge in [0, 0.05) is 4.88 Å². The van der Waals surface area contributed by atoms with E-state index in [1.54, 1.807) is 11.3 Å². The molecule has 0 aromatic carbocycles. The van der Waals surface area contributed by atoms with Crippen molar-refractivity contribution in [3.8, 4) is 0 Å². The molecule has 1 atom stereocenters. The topological polar surface area (TPSA) is 20.2 Å². The first-order valence-electron chi connectivity index (χ1n) is 5.00. The standard InChI is InChI=1S/C12H18OS/c1-3-4-8-12(2,13)9-7-11-6-5-10-14-11/h3,5-6,10,13H,1,4,7-9H2,2H3. The van der Waals surface area contributed by atoms with Crippen LogP contribution in [0.3, 0.4) is 0 Å². The predicted molar refractivity (Wildman–Crippen MR) is 62.7 cm³/mol. The van der Waals surface area contributed by atoms with Gasteiger partial charge >= 0.3 is 0 Å². The largest absolute Gasteiger partial charge is 0.390 e. The predicted octanol–water partition coefficient (Wildman–Crippen LogP) is 3.40. The molecule has 78 valence electrons. The van der Waals surface area contributed by atoms with Gasteiger partial charge < -0.3 is 5.11 Å². The second kappa shape index (κ2) is 5.32. The summed E-state index contributed by atoms with van der Waals surface area (Å²) in [6.07, 6.45) is 5.36. The molecule has 0 aliphatic carbocycles. The van der Waals surface area contributed by atoms with Crippen molar-refractivity contribution >= 4 is 11.3 Å². The van der Waals surface area contributed by atoms with Crippen LogP contribution >= 0.6 is 11.3 Å². The minimum Gasteiger partial charge on any atom is -0.390 e. The molecule has 0 aliphatic rings. The Bertz CT molecular complexity index is 262. The first kappa shape index (κ1) is 11.5. The fourth-order valence-electron chi connectivity index (χ4n) is 1.39. The van der Waals surface area contributed by atoms with Crippen LogP contribution in [-0.4, -0.2) is 10.7 Å². The number of aliphatic hydroxyl groups is 1. The van der Waals surface area contributed by atoms with E-state index in [1.807, 2.05) is 13.0 Å². The zero-order valence-electron chi connectivity index (χ0n) is 8.70. The average Bonchev–Trinajstić information content (AvgIpc) is 2.64. The van der Waals surface area contributed by atoms with Crippen LogP contribution < -0.4 is 0 Å². The molecule has 1 aromatic rings. The van der Waals surface area contributed by atoms with Gasteiger partial charge in [-0.1, -0.05) is 12.1 Å². The van der Waals surface area contributed by atoms with Gasteiger partial charge in [-0.05, 0) is 44.1 Å². The van der Waals surface area contributed by atoms with Crippen molar-refractivity contribution < 1.29 is 5.11 Å². The highest BCUT2D eigenvalue weighted by molar-refractivity contribution is 7.09. The molecular weight excluding hydrogens is 192 g/mol. The number of hydrogen-bond donors (Lipinski definition) is 1. The van der Waals surface area contributed by atoms with Gasteiger partial charge in [0.05, 0.1) is 5.60 Å². The minimum absolute atomic E-state index is 0.543. The molecule has 0 radical (unpaired) electrons. The van der Waals surface area contributed by atoms with E-state index in [2.05, 4.69) is 24.1 Å². The molecule has 0 saturated carbocycles. The van der Waals surface area contributed by atoms with E-state index >= 15 is 0 Å². The summed E-state index contributed by atoms with van der Waals surface area (Å²) in [5, 5.41) is 12.1. The molecule has 0 aliphatic heterocycles. The van der Waals surface area contributed by atoms with Crippen molar-refractivity contribution in [2.75, 3.05) is 0 Å². The SMILES string of the molecule is C=CCCC(C)(O)CCc1cccs1. The maximum Gasteiger partial charge on any atom is 0.0626 e. The quantitative estimate of drug-likeness (QED) is 0.713. The fraction of sp³-hybridized carbons (Fsp3) is 0.500. The van der Waals surface area contributed by atoms with Crippen molar-refractivity contribution in [1.82, 2.24) is 0 Å². The number of allylic oxidation sites excluding steroid dienone is 1. The van der Waals surface area contributed by atoms with Crippen molar-refractivity contribution in [2.24, 2.45) is 0 Å². The van der Waals surface area contributed by atoms with Crippen LogP contribution in [0.2, 0.25) is 0 Å². The van der Waals surface area contributed by atoms with E-state index in [9.17, 15) is 5.11 Å². The van der Waals surface area contributed by atoms with Gasteiger partial charge in [0.2, 0.25) is 0 Å². The highest BCUT2D eigenvalue weighted by Gasteiger charge is 2.18. The molecule has 14 heavy (non-hydrogen) atoms. The van der Waals surface area contributed by atoms with Crippen molar-refractivity contribution in [1.29, 1.82) is 0 Å². The molecule has 1 heterocycles. The molecule has 1 nitrogen and oxygen atoms in total. The van der Waals surface area contributed by atoms with Gasteiger partial charge in [0.15, 0.2) is 0 Å². The van der Waals surface area contributed by atoms with Crippen LogP contribution in [0.4, 0.5) is 0 Å². The first-order chi connectivity index (χ1) is 6.64. The van der Waals surface area contributed by atoms with Crippen molar-refractivity contribution in [3.63, 3.8) is 0 Å². The Labute approximate surface area is 90.1 Å². The summed E-state index contributed by atoms with van der Waals surface area (Å²) in [6, 6.07) is 4.17. The van der Waals surface area contributed by atoms with Gasteiger partial charge in [-0.3, -0.25) is 0 Å². The molecule has 1 aromatic heterocycles. The summed E-state index contributed by atoms with van der Waals surface area (Å²) in [5.74, 6) is 0. The van der Waals surface area contributed by atoms with Crippen LogP contribution in [-0.2, 0) is 6.42 Å². The maximum absolute atomic E-state index is 10.0. The van der Waals surface area contributed by atoms with Gasteiger partial charge in [-0.15, -0.1) is 17.9 Å². The summed E-state index contributed by atoms with van der Waals surface area (Å²) in [6.45, 7) is 5.57. The zero-order chi connectivity index (χ0) is 10.4. The number of rotatable bonds is 6. The smallest absolute Gasteiger partial charge is 0.0626 e. The normalized spacial score (nSPS) is 15.0. The Balaban J connectivity index is 2.32. The molecule has 0 bridgehead atoms. The highest BCUT2D eigenvalue weighted by Crippen LogP contribution is 2.21. The molecule has 0 saturated heterocycles. The first-order valence-corrected chi connectivity index (χ1v) is 5.88. The zero-order valence-corrected chi connectivity index (χ0v) is 9.52. The monoisotopic (exact) mass is 210 g/mol. The van der Waals surface area contributed by atoms with Crippen molar-refractivity contribution in [3.05, 3.63) is 35.0 Å².